The predicted molar refractivity (Wildman–Crippen MR) is 78.6 cm³/mol. The summed E-state index contributed by atoms with van der Waals surface area (Å²) in [6.45, 7) is 10.6. The van der Waals surface area contributed by atoms with E-state index in [9.17, 15) is 0 Å². The van der Waals surface area contributed by atoms with E-state index in [0.29, 0.717) is 0 Å². The first-order valence-corrected chi connectivity index (χ1v) is 6.98. The molecular formula is C15H25N3O. The maximum Gasteiger partial charge on any atom is 0.122 e. The third kappa shape index (κ3) is 3.93. The van der Waals surface area contributed by atoms with Gasteiger partial charge in [-0.1, -0.05) is 6.07 Å². The number of piperazine rings is 1. The van der Waals surface area contributed by atoms with Gasteiger partial charge < -0.3 is 15.4 Å². The van der Waals surface area contributed by atoms with E-state index in [1.54, 1.807) is 7.11 Å². The van der Waals surface area contributed by atoms with E-state index in [-0.39, 0.29) is 0 Å². The monoisotopic (exact) mass is 263 g/mol. The summed E-state index contributed by atoms with van der Waals surface area (Å²) in [5, 5.41) is 6.90. The summed E-state index contributed by atoms with van der Waals surface area (Å²) in [5.74, 6) is 0.975. The van der Waals surface area contributed by atoms with Crippen molar-refractivity contribution in [3.8, 4) is 5.75 Å². The number of aryl methyl sites for hydroxylation is 2. The molecule has 0 spiro atoms. The van der Waals surface area contributed by atoms with Crippen LogP contribution < -0.4 is 15.4 Å². The van der Waals surface area contributed by atoms with Crippen LogP contribution in [0.4, 0.5) is 0 Å². The molecule has 0 unspecified atom stereocenters. The number of hydrogen-bond donors (Lipinski definition) is 2. The fourth-order valence-electron chi connectivity index (χ4n) is 2.48. The van der Waals surface area contributed by atoms with Gasteiger partial charge in [0.2, 0.25) is 0 Å². The quantitative estimate of drug-likeness (QED) is 0.839. The number of rotatable bonds is 5. The molecule has 0 bridgehead atoms. The zero-order valence-electron chi connectivity index (χ0n) is 12.3. The van der Waals surface area contributed by atoms with Gasteiger partial charge in [0.15, 0.2) is 0 Å². The Balaban J connectivity index is 1.86. The van der Waals surface area contributed by atoms with Crippen molar-refractivity contribution in [2.24, 2.45) is 0 Å². The minimum Gasteiger partial charge on any atom is -0.496 e. The van der Waals surface area contributed by atoms with Crippen LogP contribution in [0, 0.1) is 13.8 Å². The Morgan fingerprint density at radius 2 is 1.95 bits per heavy atom. The molecule has 106 valence electrons. The van der Waals surface area contributed by atoms with Gasteiger partial charge in [0.1, 0.15) is 5.75 Å². The standard InChI is InChI=1S/C15H25N3O/c1-12-9-15(19-3)13(2)8-14(12)10-17-11-18-6-4-16-5-7-18/h8-9,16-17H,4-7,10-11H2,1-3H3. The van der Waals surface area contributed by atoms with Crippen LogP contribution in [-0.2, 0) is 6.54 Å². The predicted octanol–water partition coefficient (Wildman–Crippen LogP) is 1.26. The highest BCUT2D eigenvalue weighted by atomic mass is 16.5. The van der Waals surface area contributed by atoms with Gasteiger partial charge >= 0.3 is 0 Å². The molecule has 0 aromatic heterocycles. The Morgan fingerprint density at radius 1 is 1.21 bits per heavy atom. The van der Waals surface area contributed by atoms with Crippen LogP contribution in [0.3, 0.4) is 0 Å². The Morgan fingerprint density at radius 3 is 2.63 bits per heavy atom. The topological polar surface area (TPSA) is 36.5 Å². The summed E-state index contributed by atoms with van der Waals surface area (Å²) in [5.41, 5.74) is 3.84. The largest absolute Gasteiger partial charge is 0.496 e. The highest BCUT2D eigenvalue weighted by Crippen LogP contribution is 2.22. The first-order chi connectivity index (χ1) is 9.20. The molecule has 1 aliphatic rings. The van der Waals surface area contributed by atoms with Crippen molar-refractivity contribution in [3.05, 3.63) is 28.8 Å². The molecule has 1 aromatic carbocycles. The highest BCUT2D eigenvalue weighted by Gasteiger charge is 2.09. The van der Waals surface area contributed by atoms with Gasteiger partial charge in [-0.15, -0.1) is 0 Å². The molecule has 4 nitrogen and oxygen atoms in total. The van der Waals surface area contributed by atoms with E-state index in [1.807, 2.05) is 0 Å². The van der Waals surface area contributed by atoms with E-state index >= 15 is 0 Å². The maximum absolute atomic E-state index is 5.34. The lowest BCUT2D eigenvalue weighted by atomic mass is 10.0. The van der Waals surface area contributed by atoms with Crippen molar-refractivity contribution < 1.29 is 4.74 Å². The van der Waals surface area contributed by atoms with Gasteiger partial charge in [-0.25, -0.2) is 0 Å². The van der Waals surface area contributed by atoms with Gasteiger partial charge in [-0.05, 0) is 36.6 Å². The summed E-state index contributed by atoms with van der Waals surface area (Å²) in [4.78, 5) is 2.45. The van der Waals surface area contributed by atoms with Crippen molar-refractivity contribution in [2.45, 2.75) is 20.4 Å². The Labute approximate surface area is 116 Å². The number of ether oxygens (including phenoxy) is 1. The summed E-state index contributed by atoms with van der Waals surface area (Å²) < 4.78 is 5.34. The van der Waals surface area contributed by atoms with Gasteiger partial charge in [-0.2, -0.15) is 0 Å². The minimum absolute atomic E-state index is 0.917. The lowest BCUT2D eigenvalue weighted by Crippen LogP contribution is -2.46. The molecule has 1 fully saturated rings. The molecule has 4 heteroatoms. The lowest BCUT2D eigenvalue weighted by Gasteiger charge is -2.27. The van der Waals surface area contributed by atoms with Crippen LogP contribution >= 0.6 is 0 Å². The van der Waals surface area contributed by atoms with Crippen LogP contribution in [-0.4, -0.2) is 44.9 Å². The van der Waals surface area contributed by atoms with Gasteiger partial charge in [0.05, 0.1) is 7.11 Å². The first-order valence-electron chi connectivity index (χ1n) is 6.98. The second-order valence-electron chi connectivity index (χ2n) is 5.20. The van der Waals surface area contributed by atoms with E-state index in [1.165, 1.54) is 16.7 Å². The van der Waals surface area contributed by atoms with Crippen LogP contribution in [0.5, 0.6) is 5.75 Å². The van der Waals surface area contributed by atoms with E-state index in [2.05, 4.69) is 41.5 Å². The zero-order chi connectivity index (χ0) is 13.7. The van der Waals surface area contributed by atoms with Crippen LogP contribution in [0.25, 0.3) is 0 Å². The molecule has 0 radical (unpaired) electrons. The van der Waals surface area contributed by atoms with E-state index in [0.717, 1.165) is 45.1 Å². The normalized spacial score (nSPS) is 16.6. The van der Waals surface area contributed by atoms with Crippen LogP contribution in [0.15, 0.2) is 12.1 Å². The molecule has 0 saturated carbocycles. The lowest BCUT2D eigenvalue weighted by molar-refractivity contribution is 0.223. The highest BCUT2D eigenvalue weighted by molar-refractivity contribution is 5.41. The Bertz CT molecular complexity index is 414. The first kappa shape index (κ1) is 14.3. The maximum atomic E-state index is 5.34. The Kier molecular flexibility index (Phi) is 5.19. The fourth-order valence-corrected chi connectivity index (χ4v) is 2.48. The van der Waals surface area contributed by atoms with Crippen molar-refractivity contribution >= 4 is 0 Å². The van der Waals surface area contributed by atoms with Gasteiger partial charge in [0.25, 0.3) is 0 Å². The van der Waals surface area contributed by atoms with Crippen molar-refractivity contribution in [3.63, 3.8) is 0 Å². The average molecular weight is 263 g/mol. The Hall–Kier alpha value is -1.10. The van der Waals surface area contributed by atoms with Crippen molar-refractivity contribution in [2.75, 3.05) is 40.0 Å². The summed E-state index contributed by atoms with van der Waals surface area (Å²) in [6, 6.07) is 4.34. The van der Waals surface area contributed by atoms with Gasteiger partial charge in [0, 0.05) is 39.4 Å². The summed E-state index contributed by atoms with van der Waals surface area (Å²) in [6.07, 6.45) is 0. The molecule has 2 N–H and O–H groups in total. The zero-order valence-corrected chi connectivity index (χ0v) is 12.3. The fraction of sp³-hybridized carbons (Fsp3) is 0.600. The van der Waals surface area contributed by atoms with Crippen LogP contribution in [0.1, 0.15) is 16.7 Å². The second-order valence-corrected chi connectivity index (χ2v) is 5.20. The van der Waals surface area contributed by atoms with Crippen molar-refractivity contribution in [1.29, 1.82) is 0 Å². The minimum atomic E-state index is 0.917. The molecular weight excluding hydrogens is 238 g/mol. The average Bonchev–Trinajstić information content (AvgIpc) is 2.43. The summed E-state index contributed by atoms with van der Waals surface area (Å²) in [7, 11) is 1.73. The van der Waals surface area contributed by atoms with E-state index in [4.69, 9.17) is 4.74 Å². The number of hydrogen-bond acceptors (Lipinski definition) is 4. The molecule has 19 heavy (non-hydrogen) atoms. The molecule has 0 amide bonds. The molecule has 2 rings (SSSR count). The third-order valence-electron chi connectivity index (χ3n) is 3.71. The smallest absolute Gasteiger partial charge is 0.122 e. The second kappa shape index (κ2) is 6.89. The molecule has 0 aliphatic carbocycles. The molecule has 1 heterocycles. The van der Waals surface area contributed by atoms with E-state index < -0.39 is 0 Å². The van der Waals surface area contributed by atoms with Crippen molar-refractivity contribution in [1.82, 2.24) is 15.5 Å². The molecule has 1 aromatic rings. The number of nitrogens with one attached hydrogen (secondary N) is 2. The third-order valence-corrected chi connectivity index (χ3v) is 3.71. The molecule has 1 aliphatic heterocycles. The number of benzene rings is 1. The number of nitrogens with zero attached hydrogens (tertiary/aromatic N) is 1. The molecule has 1 saturated heterocycles. The van der Waals surface area contributed by atoms with Gasteiger partial charge in [-0.3, -0.25) is 4.90 Å². The summed E-state index contributed by atoms with van der Waals surface area (Å²) >= 11 is 0. The van der Waals surface area contributed by atoms with Crippen LogP contribution in [0.2, 0.25) is 0 Å². The SMILES string of the molecule is COc1cc(C)c(CNCN2CCNCC2)cc1C. The number of methoxy groups -OCH3 is 1. The molecule has 0 atom stereocenters.